The number of nitrogens with two attached hydrogens (primary N) is 1. The van der Waals surface area contributed by atoms with Gasteiger partial charge in [-0.1, -0.05) is 30.3 Å². The molecule has 3 N–H and O–H groups in total. The molecule has 0 aliphatic rings. The highest BCUT2D eigenvalue weighted by Crippen LogP contribution is 2.38. The fourth-order valence-corrected chi connectivity index (χ4v) is 4.99. The maximum atomic E-state index is 12.9. The van der Waals surface area contributed by atoms with Crippen molar-refractivity contribution >= 4 is 55.5 Å². The SMILES string of the molecule is COC(=O)c1c(-c2ccccc2)csc1NC(=O)c1sc2nc(C)ccc2c1N. The molecule has 4 aromatic rings. The maximum Gasteiger partial charge on any atom is 0.341 e. The number of anilines is 2. The number of ether oxygens (including phenoxy) is 1. The Balaban J connectivity index is 1.73. The monoisotopic (exact) mass is 423 g/mol. The van der Waals surface area contributed by atoms with E-state index in [4.69, 9.17) is 10.5 Å². The molecule has 0 radical (unpaired) electrons. The average Bonchev–Trinajstić information content (AvgIpc) is 3.29. The van der Waals surface area contributed by atoms with Crippen LogP contribution in [0.5, 0.6) is 0 Å². The zero-order valence-corrected chi connectivity index (χ0v) is 17.3. The van der Waals surface area contributed by atoms with Crippen LogP contribution < -0.4 is 11.1 Å². The lowest BCUT2D eigenvalue weighted by atomic mass is 10.0. The van der Waals surface area contributed by atoms with Crippen molar-refractivity contribution in [1.29, 1.82) is 0 Å². The van der Waals surface area contributed by atoms with Crippen LogP contribution in [0.2, 0.25) is 0 Å². The summed E-state index contributed by atoms with van der Waals surface area (Å²) in [6.07, 6.45) is 0. The molecule has 4 rings (SSSR count). The van der Waals surface area contributed by atoms with Gasteiger partial charge in [-0.3, -0.25) is 4.79 Å². The molecule has 1 aromatic carbocycles. The van der Waals surface area contributed by atoms with Crippen molar-refractivity contribution in [3.63, 3.8) is 0 Å². The van der Waals surface area contributed by atoms with E-state index in [1.807, 2.05) is 54.8 Å². The summed E-state index contributed by atoms with van der Waals surface area (Å²) in [5.74, 6) is -0.892. The highest BCUT2D eigenvalue weighted by Gasteiger charge is 2.24. The molecule has 0 fully saturated rings. The van der Waals surface area contributed by atoms with Crippen LogP contribution in [0, 0.1) is 6.92 Å². The number of carbonyl (C=O) groups excluding carboxylic acids is 2. The van der Waals surface area contributed by atoms with Gasteiger partial charge in [0, 0.05) is 22.0 Å². The molecule has 0 saturated carbocycles. The van der Waals surface area contributed by atoms with Gasteiger partial charge in [-0.15, -0.1) is 22.7 Å². The van der Waals surface area contributed by atoms with Gasteiger partial charge in [0.2, 0.25) is 0 Å². The van der Waals surface area contributed by atoms with Gasteiger partial charge in [0.15, 0.2) is 0 Å². The molecule has 8 heteroatoms. The molecular weight excluding hydrogens is 406 g/mol. The van der Waals surface area contributed by atoms with Crippen molar-refractivity contribution in [2.24, 2.45) is 0 Å². The lowest BCUT2D eigenvalue weighted by Gasteiger charge is -2.07. The number of nitrogen functional groups attached to an aromatic ring is 1. The van der Waals surface area contributed by atoms with Crippen LogP contribution in [-0.4, -0.2) is 24.0 Å². The molecule has 0 saturated heterocycles. The molecule has 29 heavy (non-hydrogen) atoms. The summed E-state index contributed by atoms with van der Waals surface area (Å²) in [4.78, 5) is 30.9. The van der Waals surface area contributed by atoms with Crippen molar-refractivity contribution in [2.75, 3.05) is 18.2 Å². The Kier molecular flexibility index (Phi) is 5.04. The van der Waals surface area contributed by atoms with E-state index < -0.39 is 5.97 Å². The number of benzene rings is 1. The molecule has 0 spiro atoms. The van der Waals surface area contributed by atoms with Gasteiger partial charge < -0.3 is 15.8 Å². The Labute approximate surface area is 175 Å². The summed E-state index contributed by atoms with van der Waals surface area (Å²) in [7, 11) is 1.32. The Morgan fingerprint density at radius 2 is 1.90 bits per heavy atom. The summed E-state index contributed by atoms with van der Waals surface area (Å²) in [5, 5.41) is 5.82. The number of hydrogen-bond acceptors (Lipinski definition) is 7. The van der Waals surface area contributed by atoms with Crippen LogP contribution >= 0.6 is 22.7 Å². The number of nitrogens with one attached hydrogen (secondary N) is 1. The standard InChI is InChI=1S/C21H17N3O3S2/c1-11-8-9-13-16(22)17(29-19(13)23-11)18(25)24-20-15(21(26)27-2)14(10-28-20)12-6-4-3-5-7-12/h3-10H,22H2,1-2H3,(H,24,25). The summed E-state index contributed by atoms with van der Waals surface area (Å²) in [6, 6.07) is 13.2. The molecule has 0 aliphatic carbocycles. The first-order valence-corrected chi connectivity index (χ1v) is 10.4. The first-order valence-electron chi connectivity index (χ1n) is 8.71. The minimum absolute atomic E-state index is 0.325. The molecular formula is C21H17N3O3S2. The van der Waals surface area contributed by atoms with Crippen LogP contribution in [0.15, 0.2) is 47.8 Å². The van der Waals surface area contributed by atoms with E-state index in [0.29, 0.717) is 31.5 Å². The zero-order valence-electron chi connectivity index (χ0n) is 15.7. The Hall–Kier alpha value is -3.23. The van der Waals surface area contributed by atoms with Crippen molar-refractivity contribution in [2.45, 2.75) is 6.92 Å². The highest BCUT2D eigenvalue weighted by atomic mass is 32.1. The van der Waals surface area contributed by atoms with Crippen molar-refractivity contribution in [3.05, 3.63) is 64.0 Å². The Bertz CT molecular complexity index is 1230. The number of nitrogens with zero attached hydrogens (tertiary/aromatic N) is 1. The molecule has 3 aromatic heterocycles. The van der Waals surface area contributed by atoms with E-state index >= 15 is 0 Å². The van der Waals surface area contributed by atoms with E-state index in [1.165, 1.54) is 29.8 Å². The van der Waals surface area contributed by atoms with Crippen molar-refractivity contribution < 1.29 is 14.3 Å². The van der Waals surface area contributed by atoms with Crippen LogP contribution in [0.1, 0.15) is 25.7 Å². The lowest BCUT2D eigenvalue weighted by molar-refractivity contribution is 0.0603. The third-order valence-corrected chi connectivity index (χ3v) is 6.44. The minimum atomic E-state index is -0.512. The lowest BCUT2D eigenvalue weighted by Crippen LogP contribution is -2.14. The zero-order chi connectivity index (χ0) is 20.5. The number of methoxy groups -OCH3 is 1. The van der Waals surface area contributed by atoms with Crippen LogP contribution in [0.25, 0.3) is 21.3 Å². The second-order valence-electron chi connectivity index (χ2n) is 6.32. The maximum absolute atomic E-state index is 12.9. The number of amides is 1. The number of rotatable bonds is 4. The first-order chi connectivity index (χ1) is 14.0. The van der Waals surface area contributed by atoms with Crippen LogP contribution in [0.3, 0.4) is 0 Å². The highest BCUT2D eigenvalue weighted by molar-refractivity contribution is 7.21. The predicted octanol–water partition coefficient (Wildman–Crippen LogP) is 4.95. The smallest absolute Gasteiger partial charge is 0.341 e. The molecule has 3 heterocycles. The fourth-order valence-electron chi connectivity index (χ4n) is 3.00. The third kappa shape index (κ3) is 3.48. The largest absolute Gasteiger partial charge is 0.465 e. The Morgan fingerprint density at radius 1 is 1.14 bits per heavy atom. The number of fused-ring (bicyclic) bond motifs is 1. The molecule has 1 amide bonds. The van der Waals surface area contributed by atoms with Gasteiger partial charge >= 0.3 is 5.97 Å². The molecule has 0 atom stereocenters. The molecule has 146 valence electrons. The van der Waals surface area contributed by atoms with E-state index in [2.05, 4.69) is 10.3 Å². The number of hydrogen-bond donors (Lipinski definition) is 2. The quantitative estimate of drug-likeness (QED) is 0.453. The number of aromatic nitrogens is 1. The van der Waals surface area contributed by atoms with E-state index in [0.717, 1.165) is 16.6 Å². The van der Waals surface area contributed by atoms with Gasteiger partial charge in [0.25, 0.3) is 5.91 Å². The van der Waals surface area contributed by atoms with Crippen LogP contribution in [0.4, 0.5) is 10.7 Å². The predicted molar refractivity (Wildman–Crippen MR) is 118 cm³/mol. The number of carbonyl (C=O) groups is 2. The van der Waals surface area contributed by atoms with Crippen LogP contribution in [-0.2, 0) is 4.74 Å². The normalized spacial score (nSPS) is 10.8. The van der Waals surface area contributed by atoms with Gasteiger partial charge in [-0.25, -0.2) is 9.78 Å². The number of esters is 1. The van der Waals surface area contributed by atoms with Crippen molar-refractivity contribution in [3.8, 4) is 11.1 Å². The third-order valence-electron chi connectivity index (χ3n) is 4.43. The van der Waals surface area contributed by atoms with Gasteiger partial charge in [-0.05, 0) is 24.6 Å². The van der Waals surface area contributed by atoms with E-state index in [9.17, 15) is 9.59 Å². The number of thiophene rings is 2. The number of aryl methyl sites for hydroxylation is 1. The second-order valence-corrected chi connectivity index (χ2v) is 8.19. The minimum Gasteiger partial charge on any atom is -0.465 e. The van der Waals surface area contributed by atoms with Crippen molar-refractivity contribution in [1.82, 2.24) is 4.98 Å². The first kappa shape index (κ1) is 19.1. The molecule has 6 nitrogen and oxygen atoms in total. The van der Waals surface area contributed by atoms with Gasteiger partial charge in [0.05, 0.1) is 12.8 Å². The molecule has 0 unspecified atom stereocenters. The Morgan fingerprint density at radius 3 is 2.62 bits per heavy atom. The summed E-state index contributed by atoms with van der Waals surface area (Å²) < 4.78 is 4.95. The molecule has 0 aliphatic heterocycles. The van der Waals surface area contributed by atoms with Gasteiger partial charge in [0.1, 0.15) is 20.3 Å². The summed E-state index contributed by atoms with van der Waals surface area (Å²) in [5.41, 5.74) is 9.32. The topological polar surface area (TPSA) is 94.3 Å². The summed E-state index contributed by atoms with van der Waals surface area (Å²) >= 11 is 2.50. The fraction of sp³-hybridized carbons (Fsp3) is 0.0952. The average molecular weight is 424 g/mol. The number of pyridine rings is 1. The van der Waals surface area contributed by atoms with Gasteiger partial charge in [-0.2, -0.15) is 0 Å². The second kappa shape index (κ2) is 7.65. The molecule has 0 bridgehead atoms. The van der Waals surface area contributed by atoms with E-state index in [-0.39, 0.29) is 5.91 Å². The van der Waals surface area contributed by atoms with E-state index in [1.54, 1.807) is 0 Å². The summed E-state index contributed by atoms with van der Waals surface area (Å²) in [6.45, 7) is 1.88.